The van der Waals surface area contributed by atoms with E-state index in [1.807, 2.05) is 6.07 Å². The van der Waals surface area contributed by atoms with Crippen LogP contribution in [0.25, 0.3) is 0 Å². The van der Waals surface area contributed by atoms with Gasteiger partial charge in [0.05, 0.1) is 16.7 Å². The van der Waals surface area contributed by atoms with Crippen LogP contribution in [0.15, 0.2) is 18.2 Å². The predicted molar refractivity (Wildman–Crippen MR) is 79.3 cm³/mol. The first-order valence-electron chi connectivity index (χ1n) is 6.95. The van der Waals surface area contributed by atoms with Crippen LogP contribution < -0.4 is 4.74 Å². The standard InChI is InChI=1S/C15H19Cl2NO/c1-18-11-3-2-10(15(18)7-4-11)9-19-12-5-6-13(16)14(17)8-12/h5-6,8,10-11,15H,2-4,7,9H2,1H3. The minimum Gasteiger partial charge on any atom is -0.493 e. The van der Waals surface area contributed by atoms with Crippen molar-refractivity contribution < 1.29 is 4.74 Å². The van der Waals surface area contributed by atoms with Crippen molar-refractivity contribution in [1.82, 2.24) is 4.90 Å². The molecule has 0 radical (unpaired) electrons. The lowest BCUT2D eigenvalue weighted by molar-refractivity contribution is 0.0853. The molecule has 3 unspecified atom stereocenters. The van der Waals surface area contributed by atoms with Gasteiger partial charge in [-0.3, -0.25) is 0 Å². The second-order valence-corrected chi connectivity index (χ2v) is 6.50. The van der Waals surface area contributed by atoms with Crippen LogP contribution in [-0.4, -0.2) is 30.6 Å². The Morgan fingerprint density at radius 2 is 1.95 bits per heavy atom. The van der Waals surface area contributed by atoms with Gasteiger partial charge in [0.1, 0.15) is 5.75 Å². The van der Waals surface area contributed by atoms with Crippen molar-refractivity contribution in [2.45, 2.75) is 37.8 Å². The highest BCUT2D eigenvalue weighted by molar-refractivity contribution is 6.42. The first kappa shape index (κ1) is 13.5. The third-order valence-electron chi connectivity index (χ3n) is 4.66. The van der Waals surface area contributed by atoms with Crippen LogP contribution in [0.2, 0.25) is 10.0 Å². The Morgan fingerprint density at radius 3 is 2.74 bits per heavy atom. The second kappa shape index (κ2) is 5.51. The highest BCUT2D eigenvalue weighted by Gasteiger charge is 2.40. The van der Waals surface area contributed by atoms with Gasteiger partial charge in [0.15, 0.2) is 0 Å². The highest BCUT2D eigenvalue weighted by atomic mass is 35.5. The fraction of sp³-hybridized carbons (Fsp3) is 0.600. The molecule has 0 N–H and O–H groups in total. The van der Waals surface area contributed by atoms with E-state index >= 15 is 0 Å². The SMILES string of the molecule is CN1C2CCC(COc3ccc(Cl)c(Cl)c3)C1CC2. The molecule has 2 nitrogen and oxygen atoms in total. The zero-order valence-electron chi connectivity index (χ0n) is 11.1. The molecule has 0 spiro atoms. The van der Waals surface area contributed by atoms with E-state index in [0.29, 0.717) is 22.0 Å². The van der Waals surface area contributed by atoms with Crippen molar-refractivity contribution in [3.05, 3.63) is 28.2 Å². The van der Waals surface area contributed by atoms with Crippen LogP contribution in [-0.2, 0) is 0 Å². The topological polar surface area (TPSA) is 12.5 Å². The molecule has 104 valence electrons. The van der Waals surface area contributed by atoms with E-state index in [2.05, 4.69) is 11.9 Å². The lowest BCUT2D eigenvalue weighted by Crippen LogP contribution is -2.43. The third kappa shape index (κ3) is 2.72. The number of fused-ring (bicyclic) bond motifs is 2. The van der Waals surface area contributed by atoms with Gasteiger partial charge >= 0.3 is 0 Å². The van der Waals surface area contributed by atoms with E-state index in [1.54, 1.807) is 12.1 Å². The van der Waals surface area contributed by atoms with Crippen LogP contribution in [0.4, 0.5) is 0 Å². The molecule has 4 heteroatoms. The normalized spacial score (nSPS) is 30.6. The maximum absolute atomic E-state index is 6.00. The minimum absolute atomic E-state index is 0.556. The second-order valence-electron chi connectivity index (χ2n) is 5.69. The van der Waals surface area contributed by atoms with Crippen molar-refractivity contribution in [3.63, 3.8) is 0 Å². The number of nitrogens with zero attached hydrogens (tertiary/aromatic N) is 1. The van der Waals surface area contributed by atoms with Crippen molar-refractivity contribution in [2.24, 2.45) is 5.92 Å². The molecule has 2 aliphatic heterocycles. The molecular formula is C15H19Cl2NO. The number of ether oxygens (including phenoxy) is 1. The molecule has 2 fully saturated rings. The van der Waals surface area contributed by atoms with Crippen molar-refractivity contribution >= 4 is 23.2 Å². The molecule has 1 aromatic carbocycles. The molecular weight excluding hydrogens is 281 g/mol. The fourth-order valence-electron chi connectivity index (χ4n) is 3.52. The molecule has 0 saturated carbocycles. The summed E-state index contributed by atoms with van der Waals surface area (Å²) >= 11 is 11.9. The predicted octanol–water partition coefficient (Wildman–Crippen LogP) is 4.25. The maximum atomic E-state index is 6.00. The van der Waals surface area contributed by atoms with Gasteiger partial charge in [-0.05, 0) is 44.9 Å². The Bertz CT molecular complexity index is 465. The quantitative estimate of drug-likeness (QED) is 0.827. The Morgan fingerprint density at radius 1 is 1.16 bits per heavy atom. The van der Waals surface area contributed by atoms with E-state index in [0.717, 1.165) is 18.4 Å². The molecule has 3 rings (SSSR count). The molecule has 2 saturated heterocycles. The summed E-state index contributed by atoms with van der Waals surface area (Å²) in [5, 5.41) is 1.13. The average Bonchev–Trinajstić information content (AvgIpc) is 2.63. The molecule has 19 heavy (non-hydrogen) atoms. The summed E-state index contributed by atoms with van der Waals surface area (Å²) in [7, 11) is 2.26. The number of halogens is 2. The Kier molecular flexibility index (Phi) is 3.93. The van der Waals surface area contributed by atoms with E-state index < -0.39 is 0 Å². The number of piperidine rings is 1. The van der Waals surface area contributed by atoms with Gasteiger partial charge in [0, 0.05) is 24.1 Å². The number of hydrogen-bond donors (Lipinski definition) is 0. The molecule has 2 aliphatic rings. The molecule has 2 bridgehead atoms. The van der Waals surface area contributed by atoms with Gasteiger partial charge in [0.25, 0.3) is 0 Å². The smallest absolute Gasteiger partial charge is 0.120 e. The number of benzene rings is 1. The van der Waals surface area contributed by atoms with Crippen LogP contribution >= 0.6 is 23.2 Å². The van der Waals surface area contributed by atoms with Gasteiger partial charge in [-0.25, -0.2) is 0 Å². The first-order chi connectivity index (χ1) is 9.15. The molecule has 3 atom stereocenters. The first-order valence-corrected chi connectivity index (χ1v) is 7.70. The third-order valence-corrected chi connectivity index (χ3v) is 5.40. The molecule has 0 amide bonds. The highest BCUT2D eigenvalue weighted by Crippen LogP contribution is 2.38. The fourth-order valence-corrected chi connectivity index (χ4v) is 3.81. The summed E-state index contributed by atoms with van der Waals surface area (Å²) in [6, 6.07) is 6.98. The Hall–Kier alpha value is -0.440. The number of hydrogen-bond acceptors (Lipinski definition) is 2. The zero-order chi connectivity index (χ0) is 13.4. The van der Waals surface area contributed by atoms with Gasteiger partial charge in [-0.15, -0.1) is 0 Å². The summed E-state index contributed by atoms with van der Waals surface area (Å²) in [5.74, 6) is 1.45. The van der Waals surface area contributed by atoms with Gasteiger partial charge in [-0.2, -0.15) is 0 Å². The van der Waals surface area contributed by atoms with E-state index in [4.69, 9.17) is 27.9 Å². The van der Waals surface area contributed by atoms with E-state index in [9.17, 15) is 0 Å². The monoisotopic (exact) mass is 299 g/mol. The number of rotatable bonds is 3. The average molecular weight is 300 g/mol. The van der Waals surface area contributed by atoms with Gasteiger partial charge in [-0.1, -0.05) is 23.2 Å². The minimum atomic E-state index is 0.556. The summed E-state index contributed by atoms with van der Waals surface area (Å²) in [4.78, 5) is 2.55. The van der Waals surface area contributed by atoms with Crippen LogP contribution in [0, 0.1) is 5.92 Å². The summed E-state index contributed by atoms with van der Waals surface area (Å²) in [6.45, 7) is 0.777. The zero-order valence-corrected chi connectivity index (χ0v) is 12.6. The molecule has 0 aliphatic carbocycles. The summed E-state index contributed by atoms with van der Waals surface area (Å²) in [6.07, 6.45) is 5.25. The Labute approximate surface area is 124 Å². The summed E-state index contributed by atoms with van der Waals surface area (Å²) < 4.78 is 5.91. The van der Waals surface area contributed by atoms with E-state index in [1.165, 1.54) is 25.7 Å². The Balaban J connectivity index is 1.61. The molecule has 2 heterocycles. The van der Waals surface area contributed by atoms with Gasteiger partial charge in [0.2, 0.25) is 0 Å². The largest absolute Gasteiger partial charge is 0.493 e. The lowest BCUT2D eigenvalue weighted by Gasteiger charge is -2.37. The molecule has 0 aromatic heterocycles. The van der Waals surface area contributed by atoms with E-state index in [-0.39, 0.29) is 0 Å². The van der Waals surface area contributed by atoms with Gasteiger partial charge < -0.3 is 9.64 Å². The van der Waals surface area contributed by atoms with Crippen molar-refractivity contribution in [3.8, 4) is 5.75 Å². The lowest BCUT2D eigenvalue weighted by atomic mass is 9.91. The summed E-state index contributed by atoms with van der Waals surface area (Å²) in [5.41, 5.74) is 0. The van der Waals surface area contributed by atoms with Crippen molar-refractivity contribution in [1.29, 1.82) is 0 Å². The maximum Gasteiger partial charge on any atom is 0.120 e. The van der Waals surface area contributed by atoms with Crippen LogP contribution in [0.1, 0.15) is 25.7 Å². The van der Waals surface area contributed by atoms with Crippen LogP contribution in [0.3, 0.4) is 0 Å². The van der Waals surface area contributed by atoms with Crippen molar-refractivity contribution in [2.75, 3.05) is 13.7 Å². The molecule has 1 aromatic rings. The van der Waals surface area contributed by atoms with Crippen LogP contribution in [0.5, 0.6) is 5.75 Å².